The van der Waals surface area contributed by atoms with Crippen molar-refractivity contribution in [3.63, 3.8) is 0 Å². The number of amides is 1. The summed E-state index contributed by atoms with van der Waals surface area (Å²) in [6, 6.07) is 7.57. The molecule has 2 aromatic rings. The average Bonchev–Trinajstić information content (AvgIpc) is 2.67. The van der Waals surface area contributed by atoms with Crippen LogP contribution in [0.4, 0.5) is 0 Å². The van der Waals surface area contributed by atoms with E-state index in [2.05, 4.69) is 15.3 Å². The maximum atomic E-state index is 12.4. The fourth-order valence-corrected chi connectivity index (χ4v) is 4.05. The van der Waals surface area contributed by atoms with E-state index < -0.39 is 0 Å². The van der Waals surface area contributed by atoms with Gasteiger partial charge in [0.2, 0.25) is 5.91 Å². The van der Waals surface area contributed by atoms with E-state index >= 15 is 0 Å². The normalized spacial score (nSPS) is 15.1. The Bertz CT molecular complexity index is 788. The fourth-order valence-electron chi connectivity index (χ4n) is 3.34. The molecule has 1 aromatic carbocycles. The monoisotopic (exact) mass is 371 g/mol. The second-order valence-electron chi connectivity index (χ2n) is 6.75. The predicted molar refractivity (Wildman–Crippen MR) is 106 cm³/mol. The van der Waals surface area contributed by atoms with Crippen LogP contribution < -0.4 is 5.32 Å². The smallest absolute Gasteiger partial charge is 0.223 e. The lowest BCUT2D eigenvalue weighted by Gasteiger charge is -2.20. The van der Waals surface area contributed by atoms with Crippen molar-refractivity contribution in [2.45, 2.75) is 39.0 Å². The molecule has 1 saturated carbocycles. The van der Waals surface area contributed by atoms with Crippen LogP contribution in [0.5, 0.6) is 0 Å². The largest absolute Gasteiger partial charge is 0.355 e. The molecule has 1 N–H and O–H groups in total. The molecule has 1 fully saturated rings. The molecule has 0 aliphatic heterocycles. The van der Waals surface area contributed by atoms with Crippen molar-refractivity contribution in [1.82, 2.24) is 15.3 Å². The molecule has 0 bridgehead atoms. The predicted octanol–water partition coefficient (Wildman–Crippen LogP) is 3.55. The number of aryl methyl sites for hydroxylation is 1. The van der Waals surface area contributed by atoms with Gasteiger partial charge < -0.3 is 5.32 Å². The number of carbonyl (C=O) groups is 2. The van der Waals surface area contributed by atoms with Gasteiger partial charge in [0.05, 0.1) is 22.5 Å². The van der Waals surface area contributed by atoms with Crippen LogP contribution in [0, 0.1) is 12.8 Å². The molecule has 6 heteroatoms. The number of fused-ring (bicyclic) bond motifs is 1. The van der Waals surface area contributed by atoms with E-state index in [9.17, 15) is 9.59 Å². The van der Waals surface area contributed by atoms with Crippen molar-refractivity contribution < 1.29 is 9.59 Å². The van der Waals surface area contributed by atoms with Gasteiger partial charge in [0, 0.05) is 18.2 Å². The molecule has 26 heavy (non-hydrogen) atoms. The third-order valence-electron chi connectivity index (χ3n) is 4.76. The fraction of sp³-hybridized carbons (Fsp3) is 0.500. The zero-order valence-electron chi connectivity index (χ0n) is 15.2. The Labute approximate surface area is 158 Å². The number of carbonyl (C=O) groups excluding carboxylic acids is 2. The summed E-state index contributed by atoms with van der Waals surface area (Å²) in [5.74, 6) is 1.43. The lowest BCUT2D eigenvalue weighted by atomic mass is 9.89. The maximum absolute atomic E-state index is 12.4. The van der Waals surface area contributed by atoms with E-state index in [0.29, 0.717) is 23.7 Å². The number of para-hydroxylation sites is 2. The van der Waals surface area contributed by atoms with Crippen LogP contribution in [0.1, 0.15) is 48.3 Å². The summed E-state index contributed by atoms with van der Waals surface area (Å²) < 4.78 is 0. The molecule has 1 heterocycles. The lowest BCUT2D eigenvalue weighted by Crippen LogP contribution is -2.33. The summed E-state index contributed by atoms with van der Waals surface area (Å²) in [5.41, 5.74) is 2.66. The first-order chi connectivity index (χ1) is 12.6. The minimum Gasteiger partial charge on any atom is -0.355 e. The SMILES string of the molecule is Cc1nc2ccccc2nc1C(=O)CSCCNC(=O)C1CCCCC1. The Kier molecular flexibility index (Phi) is 6.61. The van der Waals surface area contributed by atoms with Crippen molar-refractivity contribution in [2.75, 3.05) is 18.1 Å². The standard InChI is InChI=1S/C20H25N3O2S/c1-14-19(23-17-10-6-5-9-16(17)22-14)18(24)13-26-12-11-21-20(25)15-7-3-2-4-8-15/h5-6,9-10,15H,2-4,7-8,11-13H2,1H3,(H,21,25). The van der Waals surface area contributed by atoms with Crippen molar-refractivity contribution in [1.29, 1.82) is 0 Å². The number of rotatable bonds is 7. The summed E-state index contributed by atoms with van der Waals surface area (Å²) >= 11 is 1.53. The Balaban J connectivity index is 1.44. The van der Waals surface area contributed by atoms with E-state index in [1.807, 2.05) is 31.2 Å². The first-order valence-electron chi connectivity index (χ1n) is 9.27. The number of hydrogen-bond donors (Lipinski definition) is 1. The molecule has 1 aliphatic rings. The number of thioether (sulfide) groups is 1. The van der Waals surface area contributed by atoms with Gasteiger partial charge in [0.15, 0.2) is 5.78 Å². The number of ketones is 1. The Hall–Kier alpha value is -1.95. The molecule has 3 rings (SSSR count). The van der Waals surface area contributed by atoms with Crippen molar-refractivity contribution >= 4 is 34.5 Å². The summed E-state index contributed by atoms with van der Waals surface area (Å²) in [6.45, 7) is 2.43. The van der Waals surface area contributed by atoms with Gasteiger partial charge in [-0.1, -0.05) is 31.4 Å². The molecule has 1 aliphatic carbocycles. The first-order valence-corrected chi connectivity index (χ1v) is 10.4. The van der Waals surface area contributed by atoms with Gasteiger partial charge in [-0.05, 0) is 31.9 Å². The second kappa shape index (κ2) is 9.12. The van der Waals surface area contributed by atoms with Gasteiger partial charge in [-0.25, -0.2) is 9.97 Å². The molecule has 0 saturated heterocycles. The number of hydrogen-bond acceptors (Lipinski definition) is 5. The van der Waals surface area contributed by atoms with E-state index in [-0.39, 0.29) is 17.6 Å². The molecule has 0 unspecified atom stereocenters. The van der Waals surface area contributed by atoms with E-state index in [4.69, 9.17) is 0 Å². The van der Waals surface area contributed by atoms with Crippen LogP contribution in [0.25, 0.3) is 11.0 Å². The van der Waals surface area contributed by atoms with Crippen molar-refractivity contribution in [2.24, 2.45) is 5.92 Å². The Morgan fingerprint density at radius 1 is 1.12 bits per heavy atom. The van der Waals surface area contributed by atoms with Crippen LogP contribution in [-0.4, -0.2) is 39.7 Å². The van der Waals surface area contributed by atoms with Gasteiger partial charge in [0.25, 0.3) is 0 Å². The highest BCUT2D eigenvalue weighted by Gasteiger charge is 2.20. The number of nitrogens with zero attached hydrogens (tertiary/aromatic N) is 2. The molecule has 0 radical (unpaired) electrons. The number of aromatic nitrogens is 2. The highest BCUT2D eigenvalue weighted by atomic mass is 32.2. The average molecular weight is 372 g/mol. The third kappa shape index (κ3) is 4.81. The number of nitrogens with one attached hydrogen (secondary N) is 1. The second-order valence-corrected chi connectivity index (χ2v) is 7.85. The van der Waals surface area contributed by atoms with Crippen LogP contribution in [-0.2, 0) is 4.79 Å². The van der Waals surface area contributed by atoms with E-state index in [1.165, 1.54) is 18.2 Å². The van der Waals surface area contributed by atoms with Crippen LogP contribution >= 0.6 is 11.8 Å². The van der Waals surface area contributed by atoms with E-state index in [0.717, 1.165) is 42.5 Å². The van der Waals surface area contributed by atoms with Crippen LogP contribution in [0.15, 0.2) is 24.3 Å². The highest BCUT2D eigenvalue weighted by molar-refractivity contribution is 8.00. The minimum absolute atomic E-state index is 0.00985. The molecule has 0 spiro atoms. The van der Waals surface area contributed by atoms with E-state index in [1.54, 1.807) is 0 Å². The van der Waals surface area contributed by atoms with Crippen molar-refractivity contribution in [3.05, 3.63) is 35.7 Å². The molecular weight excluding hydrogens is 346 g/mol. The zero-order valence-corrected chi connectivity index (χ0v) is 16.0. The number of benzene rings is 1. The molecule has 1 amide bonds. The van der Waals surface area contributed by atoms with Gasteiger partial charge in [0.1, 0.15) is 5.69 Å². The molecule has 5 nitrogen and oxygen atoms in total. The van der Waals surface area contributed by atoms with Gasteiger partial charge in [-0.2, -0.15) is 11.8 Å². The molecular formula is C20H25N3O2S. The third-order valence-corrected chi connectivity index (χ3v) is 5.72. The van der Waals surface area contributed by atoms with Crippen molar-refractivity contribution in [3.8, 4) is 0 Å². The first kappa shape index (κ1) is 18.8. The summed E-state index contributed by atoms with van der Waals surface area (Å²) in [4.78, 5) is 33.5. The highest BCUT2D eigenvalue weighted by Crippen LogP contribution is 2.23. The van der Waals surface area contributed by atoms with Gasteiger partial charge in [-0.3, -0.25) is 9.59 Å². The molecule has 0 atom stereocenters. The summed E-state index contributed by atoms with van der Waals surface area (Å²) in [5, 5.41) is 3.00. The van der Waals surface area contributed by atoms with Gasteiger partial charge >= 0.3 is 0 Å². The topological polar surface area (TPSA) is 72.0 Å². The summed E-state index contributed by atoms with van der Waals surface area (Å²) in [6.07, 6.45) is 5.59. The zero-order chi connectivity index (χ0) is 18.4. The Morgan fingerprint density at radius 3 is 2.54 bits per heavy atom. The maximum Gasteiger partial charge on any atom is 0.223 e. The number of Topliss-reactive ketones (excluding diaryl/α,β-unsaturated/α-hetero) is 1. The quantitative estimate of drug-likeness (QED) is 0.595. The van der Waals surface area contributed by atoms with Gasteiger partial charge in [-0.15, -0.1) is 0 Å². The summed E-state index contributed by atoms with van der Waals surface area (Å²) in [7, 11) is 0. The Morgan fingerprint density at radius 2 is 1.81 bits per heavy atom. The molecule has 138 valence electrons. The minimum atomic E-state index is -0.00985. The lowest BCUT2D eigenvalue weighted by molar-refractivity contribution is -0.125. The van der Waals surface area contributed by atoms with Crippen LogP contribution in [0.2, 0.25) is 0 Å². The van der Waals surface area contributed by atoms with Crippen LogP contribution in [0.3, 0.4) is 0 Å². The molecule has 1 aromatic heterocycles.